The Morgan fingerprint density at radius 3 is 2.66 bits per heavy atom. The first-order valence-corrected chi connectivity index (χ1v) is 11.8. The van der Waals surface area contributed by atoms with E-state index in [0.29, 0.717) is 23.3 Å². The van der Waals surface area contributed by atoms with Gasteiger partial charge in [-0.15, -0.1) is 0 Å². The van der Waals surface area contributed by atoms with E-state index in [4.69, 9.17) is 0 Å². The second-order valence-corrected chi connectivity index (χ2v) is 9.66. The Labute approximate surface area is 186 Å². The van der Waals surface area contributed by atoms with Gasteiger partial charge in [-0.1, -0.05) is 42.5 Å². The zero-order valence-electron chi connectivity index (χ0n) is 17.4. The zero-order valence-corrected chi connectivity index (χ0v) is 18.2. The third kappa shape index (κ3) is 3.40. The molecule has 1 unspecified atom stereocenters. The van der Waals surface area contributed by atoms with Gasteiger partial charge in [0.05, 0.1) is 21.8 Å². The molecule has 1 aromatic heterocycles. The molecule has 0 radical (unpaired) electrons. The number of anilines is 2. The molecule has 0 fully saturated rings. The van der Waals surface area contributed by atoms with Crippen LogP contribution in [0.5, 0.6) is 0 Å². The summed E-state index contributed by atoms with van der Waals surface area (Å²) in [5, 5.41) is 3.77. The Bertz CT molecular complexity index is 1440. The van der Waals surface area contributed by atoms with Gasteiger partial charge in [-0.05, 0) is 55.3 Å². The number of fused-ring (bicyclic) bond motifs is 2. The molecular weight excluding hydrogens is 422 g/mol. The van der Waals surface area contributed by atoms with Gasteiger partial charge in [-0.3, -0.25) is 14.1 Å². The van der Waals surface area contributed by atoms with Crippen molar-refractivity contribution in [3.05, 3.63) is 96.2 Å². The average Bonchev–Trinajstić information content (AvgIpc) is 3.16. The van der Waals surface area contributed by atoms with Crippen molar-refractivity contribution in [2.75, 3.05) is 9.62 Å². The van der Waals surface area contributed by atoms with Gasteiger partial charge in [-0.25, -0.2) is 8.42 Å². The topological polar surface area (TPSA) is 79.4 Å². The lowest BCUT2D eigenvalue weighted by Crippen LogP contribution is -2.35. The van der Waals surface area contributed by atoms with Gasteiger partial charge in [0.1, 0.15) is 0 Å². The number of aromatic nitrogens is 1. The monoisotopic (exact) mass is 443 g/mol. The third-order valence-electron chi connectivity index (χ3n) is 5.68. The Morgan fingerprint density at radius 1 is 1.00 bits per heavy atom. The average molecular weight is 444 g/mol. The summed E-state index contributed by atoms with van der Waals surface area (Å²) in [7, 11) is -3.82. The Hall–Kier alpha value is -3.71. The number of nitrogens with zero attached hydrogens (tertiary/aromatic N) is 2. The van der Waals surface area contributed by atoms with Crippen molar-refractivity contribution in [1.29, 1.82) is 0 Å². The summed E-state index contributed by atoms with van der Waals surface area (Å²) in [4.78, 5) is 17.4. The normalized spacial score (nSPS) is 15.5. The van der Waals surface area contributed by atoms with Crippen LogP contribution in [0, 0.1) is 0 Å². The number of rotatable bonds is 4. The molecule has 7 heteroatoms. The molecule has 32 heavy (non-hydrogen) atoms. The van der Waals surface area contributed by atoms with Crippen LogP contribution < -0.4 is 9.62 Å². The summed E-state index contributed by atoms with van der Waals surface area (Å²) < 4.78 is 28.5. The molecule has 1 atom stereocenters. The van der Waals surface area contributed by atoms with E-state index >= 15 is 0 Å². The first kappa shape index (κ1) is 20.2. The summed E-state index contributed by atoms with van der Waals surface area (Å²) >= 11 is 0. The predicted octanol–water partition coefficient (Wildman–Crippen LogP) is 4.63. The first-order chi connectivity index (χ1) is 15.4. The molecule has 160 valence electrons. The number of carbonyl (C=O) groups excluding carboxylic acids is 1. The van der Waals surface area contributed by atoms with E-state index in [1.165, 1.54) is 16.4 Å². The minimum absolute atomic E-state index is 0.0877. The summed E-state index contributed by atoms with van der Waals surface area (Å²) in [6.07, 6.45) is 2.32. The SMILES string of the molecule is CC1Cc2ccccc2N1S(=O)(=O)c1cccc(C(=O)Nc2cccc3cccnc23)c1. The van der Waals surface area contributed by atoms with Crippen molar-refractivity contribution in [3.8, 4) is 0 Å². The lowest BCUT2D eigenvalue weighted by molar-refractivity contribution is 0.102. The maximum Gasteiger partial charge on any atom is 0.264 e. The second-order valence-electron chi connectivity index (χ2n) is 7.85. The quantitative estimate of drug-likeness (QED) is 0.499. The minimum atomic E-state index is -3.82. The third-order valence-corrected chi connectivity index (χ3v) is 7.60. The fourth-order valence-electron chi connectivity index (χ4n) is 4.21. The Kier molecular flexibility index (Phi) is 4.90. The number of sulfonamides is 1. The standard InChI is InChI=1S/C25H21N3O3S/c1-17-15-19-7-2-3-13-23(19)28(17)32(30,31)21-11-4-9-20(16-21)25(29)27-22-12-5-8-18-10-6-14-26-24(18)22/h2-14,16-17H,15H2,1H3,(H,27,29). The van der Waals surface area contributed by atoms with Crippen LogP contribution in [0.3, 0.4) is 0 Å². The number of nitrogens with one attached hydrogen (secondary N) is 1. The molecule has 1 aliphatic heterocycles. The van der Waals surface area contributed by atoms with Gasteiger partial charge in [0.15, 0.2) is 0 Å². The molecule has 0 saturated heterocycles. The van der Waals surface area contributed by atoms with E-state index in [1.807, 2.05) is 55.5 Å². The van der Waals surface area contributed by atoms with Crippen LogP contribution in [0.4, 0.5) is 11.4 Å². The molecule has 4 aromatic rings. The van der Waals surface area contributed by atoms with Crippen LogP contribution in [0.15, 0.2) is 90.0 Å². The number of pyridine rings is 1. The van der Waals surface area contributed by atoms with Gasteiger partial charge >= 0.3 is 0 Å². The molecule has 1 N–H and O–H groups in total. The molecule has 0 aliphatic carbocycles. The number of hydrogen-bond donors (Lipinski definition) is 1. The largest absolute Gasteiger partial charge is 0.320 e. The minimum Gasteiger partial charge on any atom is -0.320 e. The number of benzene rings is 3. The molecule has 3 aromatic carbocycles. The van der Waals surface area contributed by atoms with Crippen LogP contribution in [-0.2, 0) is 16.4 Å². The van der Waals surface area contributed by atoms with Crippen LogP contribution in [0.25, 0.3) is 10.9 Å². The van der Waals surface area contributed by atoms with Crippen molar-refractivity contribution in [2.24, 2.45) is 0 Å². The molecular formula is C25H21N3O3S. The second kappa shape index (κ2) is 7.76. The number of para-hydroxylation sites is 2. The summed E-state index contributed by atoms with van der Waals surface area (Å²) in [6, 6.07) is 22.8. The maximum absolute atomic E-state index is 13.5. The number of hydrogen-bond acceptors (Lipinski definition) is 4. The lowest BCUT2D eigenvalue weighted by Gasteiger charge is -2.24. The van der Waals surface area contributed by atoms with Crippen molar-refractivity contribution >= 4 is 38.2 Å². The lowest BCUT2D eigenvalue weighted by atomic mass is 10.1. The highest BCUT2D eigenvalue weighted by molar-refractivity contribution is 7.92. The smallest absolute Gasteiger partial charge is 0.264 e. The van der Waals surface area contributed by atoms with Gasteiger partial charge in [0.2, 0.25) is 0 Å². The summed E-state index contributed by atoms with van der Waals surface area (Å²) in [5.41, 5.74) is 3.20. The highest BCUT2D eigenvalue weighted by atomic mass is 32.2. The fraction of sp³-hybridized carbons (Fsp3) is 0.120. The molecule has 1 aliphatic rings. The van der Waals surface area contributed by atoms with Crippen LogP contribution in [0.1, 0.15) is 22.8 Å². The molecule has 0 saturated carbocycles. The van der Waals surface area contributed by atoms with E-state index in [-0.39, 0.29) is 16.5 Å². The van der Waals surface area contributed by atoms with Gasteiger partial charge < -0.3 is 5.32 Å². The molecule has 2 heterocycles. The maximum atomic E-state index is 13.5. The summed E-state index contributed by atoms with van der Waals surface area (Å²) in [5.74, 6) is -0.393. The van der Waals surface area contributed by atoms with Gasteiger partial charge in [-0.2, -0.15) is 0 Å². The number of amides is 1. The predicted molar refractivity (Wildman–Crippen MR) is 125 cm³/mol. The van der Waals surface area contributed by atoms with Crippen molar-refractivity contribution < 1.29 is 13.2 Å². The first-order valence-electron chi connectivity index (χ1n) is 10.3. The van der Waals surface area contributed by atoms with E-state index in [1.54, 1.807) is 24.4 Å². The highest BCUT2D eigenvalue weighted by Crippen LogP contribution is 2.36. The molecule has 0 bridgehead atoms. The van der Waals surface area contributed by atoms with Crippen molar-refractivity contribution in [3.63, 3.8) is 0 Å². The van der Waals surface area contributed by atoms with E-state index in [9.17, 15) is 13.2 Å². The van der Waals surface area contributed by atoms with Gasteiger partial charge in [0.25, 0.3) is 15.9 Å². The Morgan fingerprint density at radius 2 is 1.78 bits per heavy atom. The summed E-state index contributed by atoms with van der Waals surface area (Å²) in [6.45, 7) is 1.89. The molecule has 5 rings (SSSR count). The van der Waals surface area contributed by atoms with Crippen molar-refractivity contribution in [1.82, 2.24) is 4.98 Å². The molecule has 6 nitrogen and oxygen atoms in total. The highest BCUT2D eigenvalue weighted by Gasteiger charge is 2.36. The Balaban J connectivity index is 1.48. The van der Waals surface area contributed by atoms with Crippen LogP contribution in [0.2, 0.25) is 0 Å². The van der Waals surface area contributed by atoms with Gasteiger partial charge in [0, 0.05) is 23.2 Å². The van der Waals surface area contributed by atoms with E-state index in [0.717, 1.165) is 10.9 Å². The van der Waals surface area contributed by atoms with E-state index in [2.05, 4.69) is 10.3 Å². The van der Waals surface area contributed by atoms with Crippen LogP contribution in [-0.4, -0.2) is 25.4 Å². The fourth-order valence-corrected chi connectivity index (χ4v) is 5.95. The molecule has 1 amide bonds. The molecule has 0 spiro atoms. The van der Waals surface area contributed by atoms with E-state index < -0.39 is 15.9 Å². The van der Waals surface area contributed by atoms with Crippen LogP contribution >= 0.6 is 0 Å². The van der Waals surface area contributed by atoms with Crippen molar-refractivity contribution in [2.45, 2.75) is 24.3 Å². The zero-order chi connectivity index (χ0) is 22.3. The number of carbonyl (C=O) groups is 1.